The normalized spacial score (nSPS) is 16.4. The number of aliphatic imine (C=N–C) groups is 1. The Hall–Kier alpha value is -1.55. The predicted molar refractivity (Wildman–Crippen MR) is 98.2 cm³/mol. The van der Waals surface area contributed by atoms with Crippen molar-refractivity contribution in [3.8, 4) is 0 Å². The number of rotatable bonds is 7. The zero-order chi connectivity index (χ0) is 19.1. The predicted octanol–water partition coefficient (Wildman–Crippen LogP) is 0.100. The van der Waals surface area contributed by atoms with Crippen LogP contribution in [0.3, 0.4) is 0 Å². The van der Waals surface area contributed by atoms with Crippen molar-refractivity contribution in [2.75, 3.05) is 38.5 Å². The van der Waals surface area contributed by atoms with Crippen LogP contribution in [-0.4, -0.2) is 75.5 Å². The van der Waals surface area contributed by atoms with Crippen LogP contribution in [0.5, 0.6) is 0 Å². The summed E-state index contributed by atoms with van der Waals surface area (Å²) in [6.45, 7) is 11.4. The van der Waals surface area contributed by atoms with E-state index in [4.69, 9.17) is 4.74 Å². The third kappa shape index (κ3) is 8.39. The first-order valence-electron chi connectivity index (χ1n) is 8.56. The molecule has 0 aromatic carbocycles. The number of guanidine groups is 1. The molecule has 1 aliphatic rings. The van der Waals surface area contributed by atoms with Crippen molar-refractivity contribution in [2.24, 2.45) is 4.99 Å². The van der Waals surface area contributed by atoms with Gasteiger partial charge in [0.05, 0.1) is 18.3 Å². The molecule has 1 rings (SSSR count). The Morgan fingerprint density at radius 3 is 2.44 bits per heavy atom. The van der Waals surface area contributed by atoms with Crippen LogP contribution in [0, 0.1) is 0 Å². The summed E-state index contributed by atoms with van der Waals surface area (Å²) in [6, 6.07) is 0.0950. The number of hydrogen-bond donors (Lipinski definition) is 3. The molecule has 1 fully saturated rings. The van der Waals surface area contributed by atoms with Gasteiger partial charge in [0.15, 0.2) is 5.96 Å². The zero-order valence-electron chi connectivity index (χ0n) is 15.8. The Bertz CT molecular complexity index is 565. The smallest absolute Gasteiger partial charge is 0.410 e. The minimum absolute atomic E-state index is 0.0532. The van der Waals surface area contributed by atoms with Gasteiger partial charge in [-0.1, -0.05) is 0 Å². The minimum Gasteiger partial charge on any atom is -0.444 e. The quantitative estimate of drug-likeness (QED) is 0.330. The van der Waals surface area contributed by atoms with Gasteiger partial charge in [-0.25, -0.2) is 17.9 Å². The highest BCUT2D eigenvalue weighted by atomic mass is 32.2. The number of hydrogen-bond acceptors (Lipinski definition) is 5. The summed E-state index contributed by atoms with van der Waals surface area (Å²) in [5.41, 5.74) is -0.502. The van der Waals surface area contributed by atoms with E-state index in [1.807, 2.05) is 27.7 Å². The van der Waals surface area contributed by atoms with Crippen molar-refractivity contribution in [1.29, 1.82) is 0 Å². The number of ether oxygens (including phenoxy) is 1. The lowest BCUT2D eigenvalue weighted by atomic mass is 10.1. The van der Waals surface area contributed by atoms with Gasteiger partial charge in [-0.2, -0.15) is 0 Å². The monoisotopic (exact) mass is 377 g/mol. The van der Waals surface area contributed by atoms with Crippen molar-refractivity contribution < 1.29 is 17.9 Å². The van der Waals surface area contributed by atoms with Gasteiger partial charge >= 0.3 is 6.09 Å². The molecule has 0 atom stereocenters. The molecule has 0 bridgehead atoms. The van der Waals surface area contributed by atoms with Crippen LogP contribution in [0.4, 0.5) is 4.79 Å². The molecular formula is C15H31N5O4S. The van der Waals surface area contributed by atoms with Gasteiger partial charge in [0.25, 0.3) is 0 Å². The number of carbonyl (C=O) groups is 1. The van der Waals surface area contributed by atoms with Crippen molar-refractivity contribution >= 4 is 22.1 Å². The molecule has 10 heteroatoms. The number of likely N-dealkylation sites (tertiary alicyclic amines) is 1. The fourth-order valence-corrected chi connectivity index (χ4v) is 2.64. The molecule has 0 saturated carbocycles. The average molecular weight is 378 g/mol. The highest BCUT2D eigenvalue weighted by molar-refractivity contribution is 7.89. The number of sulfonamides is 1. The number of amides is 1. The molecule has 146 valence electrons. The topological polar surface area (TPSA) is 112 Å². The van der Waals surface area contributed by atoms with Crippen LogP contribution in [0.2, 0.25) is 0 Å². The highest BCUT2D eigenvalue weighted by Gasteiger charge is 2.34. The Morgan fingerprint density at radius 1 is 1.28 bits per heavy atom. The fourth-order valence-electron chi connectivity index (χ4n) is 2.03. The largest absolute Gasteiger partial charge is 0.444 e. The van der Waals surface area contributed by atoms with E-state index in [-0.39, 0.29) is 24.4 Å². The van der Waals surface area contributed by atoms with Crippen molar-refractivity contribution in [3.63, 3.8) is 0 Å². The van der Waals surface area contributed by atoms with Gasteiger partial charge in [0, 0.05) is 26.2 Å². The average Bonchev–Trinajstić information content (AvgIpc) is 2.44. The summed E-state index contributed by atoms with van der Waals surface area (Å²) < 4.78 is 30.5. The van der Waals surface area contributed by atoms with Crippen LogP contribution < -0.4 is 15.4 Å². The second-order valence-electron chi connectivity index (χ2n) is 6.79. The maximum atomic E-state index is 11.9. The molecular weight excluding hydrogens is 346 g/mol. The van der Waals surface area contributed by atoms with E-state index in [1.165, 1.54) is 0 Å². The molecule has 9 nitrogen and oxygen atoms in total. The molecule has 0 aliphatic carbocycles. The molecule has 0 unspecified atom stereocenters. The van der Waals surface area contributed by atoms with E-state index in [0.717, 1.165) is 0 Å². The number of nitrogens with zero attached hydrogens (tertiary/aromatic N) is 2. The summed E-state index contributed by atoms with van der Waals surface area (Å²) in [5, 5.41) is 6.33. The zero-order valence-corrected chi connectivity index (χ0v) is 16.6. The first-order chi connectivity index (χ1) is 11.6. The highest BCUT2D eigenvalue weighted by Crippen LogP contribution is 2.15. The fraction of sp³-hybridized carbons (Fsp3) is 0.867. The minimum atomic E-state index is -3.20. The molecule has 0 spiro atoms. The standard InChI is InChI=1S/C15H31N5O4S/c1-6-16-13(17-8-9-18-25(22,23)7-2)19-12-10-20(11-12)14(21)24-15(3,4)5/h12,18H,6-11H2,1-5H3,(H2,16,17,19). The lowest BCUT2D eigenvalue weighted by molar-refractivity contribution is 0.00701. The van der Waals surface area contributed by atoms with Gasteiger partial charge in [-0.3, -0.25) is 4.99 Å². The first-order valence-corrected chi connectivity index (χ1v) is 10.2. The molecule has 0 radical (unpaired) electrons. The van der Waals surface area contributed by atoms with E-state index in [2.05, 4.69) is 20.3 Å². The summed E-state index contributed by atoms with van der Waals surface area (Å²) in [5.74, 6) is 0.657. The van der Waals surface area contributed by atoms with E-state index >= 15 is 0 Å². The lowest BCUT2D eigenvalue weighted by Crippen LogP contribution is -2.63. The van der Waals surface area contributed by atoms with Gasteiger partial charge in [-0.05, 0) is 34.6 Å². The molecule has 1 amide bonds. The van der Waals surface area contributed by atoms with E-state index in [9.17, 15) is 13.2 Å². The molecule has 1 saturated heterocycles. The van der Waals surface area contributed by atoms with Crippen LogP contribution in [-0.2, 0) is 14.8 Å². The molecule has 0 aromatic rings. The van der Waals surface area contributed by atoms with Crippen LogP contribution in [0.15, 0.2) is 4.99 Å². The Balaban J connectivity index is 2.39. The van der Waals surface area contributed by atoms with E-state index in [0.29, 0.717) is 32.1 Å². The van der Waals surface area contributed by atoms with Gasteiger partial charge in [-0.15, -0.1) is 0 Å². The van der Waals surface area contributed by atoms with Crippen molar-refractivity contribution in [3.05, 3.63) is 0 Å². The van der Waals surface area contributed by atoms with Crippen molar-refractivity contribution in [2.45, 2.75) is 46.3 Å². The van der Waals surface area contributed by atoms with Crippen LogP contribution in [0.25, 0.3) is 0 Å². The van der Waals surface area contributed by atoms with Gasteiger partial charge in [0.2, 0.25) is 10.0 Å². The summed E-state index contributed by atoms with van der Waals surface area (Å²) in [7, 11) is -3.20. The van der Waals surface area contributed by atoms with E-state index < -0.39 is 15.6 Å². The van der Waals surface area contributed by atoms with Gasteiger partial charge < -0.3 is 20.3 Å². The van der Waals surface area contributed by atoms with Gasteiger partial charge in [0.1, 0.15) is 5.60 Å². The second kappa shape index (κ2) is 9.23. The number of nitrogens with one attached hydrogen (secondary N) is 3. The summed E-state index contributed by atoms with van der Waals surface area (Å²) in [4.78, 5) is 17.9. The van der Waals surface area contributed by atoms with Crippen molar-refractivity contribution in [1.82, 2.24) is 20.3 Å². The van der Waals surface area contributed by atoms with Crippen LogP contribution in [0.1, 0.15) is 34.6 Å². The summed E-state index contributed by atoms with van der Waals surface area (Å²) in [6.07, 6.45) is -0.318. The Morgan fingerprint density at radius 2 is 1.92 bits per heavy atom. The second-order valence-corrected chi connectivity index (χ2v) is 8.88. The third-order valence-electron chi connectivity index (χ3n) is 3.30. The third-order valence-corrected chi connectivity index (χ3v) is 4.71. The first kappa shape index (κ1) is 21.5. The lowest BCUT2D eigenvalue weighted by Gasteiger charge is -2.40. The maximum absolute atomic E-state index is 11.9. The van der Waals surface area contributed by atoms with E-state index in [1.54, 1.807) is 11.8 Å². The Kier molecular flexibility index (Phi) is 7.94. The molecule has 1 aliphatic heterocycles. The number of carbonyl (C=O) groups excluding carboxylic acids is 1. The molecule has 1 heterocycles. The maximum Gasteiger partial charge on any atom is 0.410 e. The Labute approximate surface area is 150 Å². The van der Waals surface area contributed by atoms with Crippen LogP contribution >= 0.6 is 0 Å². The summed E-state index contributed by atoms with van der Waals surface area (Å²) >= 11 is 0. The molecule has 3 N–H and O–H groups in total. The molecule has 25 heavy (non-hydrogen) atoms. The molecule has 0 aromatic heterocycles. The SMILES string of the molecule is CCNC(=NCCNS(=O)(=O)CC)NC1CN(C(=O)OC(C)(C)C)C1.